The second-order valence-electron chi connectivity index (χ2n) is 3.84. The van der Waals surface area contributed by atoms with Crippen LogP contribution in [0.2, 0.25) is 0 Å². The summed E-state index contributed by atoms with van der Waals surface area (Å²) in [5.74, 6) is -1.54. The third-order valence-electron chi connectivity index (χ3n) is 2.50. The Balaban J connectivity index is 1.99. The molecule has 0 fully saturated rings. The normalized spacial score (nSPS) is 10.4. The van der Waals surface area contributed by atoms with Gasteiger partial charge in [-0.2, -0.15) is 0 Å². The van der Waals surface area contributed by atoms with Crippen LogP contribution in [0.3, 0.4) is 0 Å². The summed E-state index contributed by atoms with van der Waals surface area (Å²) in [4.78, 5) is 0. The van der Waals surface area contributed by atoms with Gasteiger partial charge in [0.25, 0.3) is 0 Å². The van der Waals surface area contributed by atoms with Crippen LogP contribution in [-0.4, -0.2) is 5.11 Å². The van der Waals surface area contributed by atoms with Crippen molar-refractivity contribution in [3.63, 3.8) is 0 Å². The van der Waals surface area contributed by atoms with E-state index in [9.17, 15) is 8.78 Å². The van der Waals surface area contributed by atoms with E-state index in [0.717, 1.165) is 23.3 Å². The fourth-order valence-electron chi connectivity index (χ4n) is 1.47. The third-order valence-corrected chi connectivity index (χ3v) is 2.50. The Morgan fingerprint density at radius 3 is 2.17 bits per heavy atom. The first kappa shape index (κ1) is 12.5. The van der Waals surface area contributed by atoms with E-state index in [1.165, 1.54) is 6.07 Å². The zero-order valence-electron chi connectivity index (χ0n) is 9.57. The van der Waals surface area contributed by atoms with E-state index in [1.807, 2.05) is 12.1 Å². The minimum atomic E-state index is -0.928. The Kier molecular flexibility index (Phi) is 3.89. The molecule has 0 unspecified atom stereocenters. The number of aliphatic hydroxyl groups is 1. The van der Waals surface area contributed by atoms with E-state index < -0.39 is 11.6 Å². The Morgan fingerprint density at radius 2 is 1.56 bits per heavy atom. The van der Waals surface area contributed by atoms with Gasteiger partial charge in [0, 0.05) is 6.07 Å². The van der Waals surface area contributed by atoms with Gasteiger partial charge in [-0.1, -0.05) is 24.3 Å². The summed E-state index contributed by atoms with van der Waals surface area (Å²) in [6, 6.07) is 10.6. The monoisotopic (exact) mass is 250 g/mol. The maximum Gasteiger partial charge on any atom is 0.162 e. The molecule has 2 nitrogen and oxygen atoms in total. The van der Waals surface area contributed by atoms with Gasteiger partial charge in [-0.3, -0.25) is 0 Å². The van der Waals surface area contributed by atoms with Crippen LogP contribution in [-0.2, 0) is 13.2 Å². The molecule has 2 aromatic rings. The molecule has 0 bridgehead atoms. The summed E-state index contributed by atoms with van der Waals surface area (Å²) >= 11 is 0. The summed E-state index contributed by atoms with van der Waals surface area (Å²) in [5.41, 5.74) is 1.70. The highest BCUT2D eigenvalue weighted by atomic mass is 19.2. The van der Waals surface area contributed by atoms with Crippen LogP contribution in [0.4, 0.5) is 8.78 Å². The molecule has 1 N–H and O–H groups in total. The molecule has 0 amide bonds. The largest absolute Gasteiger partial charge is 0.489 e. The van der Waals surface area contributed by atoms with E-state index >= 15 is 0 Å². The average molecular weight is 250 g/mol. The topological polar surface area (TPSA) is 29.5 Å². The molecule has 0 heterocycles. The first-order chi connectivity index (χ1) is 8.69. The number of ether oxygens (including phenoxy) is 1. The van der Waals surface area contributed by atoms with E-state index in [4.69, 9.17) is 9.84 Å². The molecular weight excluding hydrogens is 238 g/mol. The predicted molar refractivity (Wildman–Crippen MR) is 63.1 cm³/mol. The molecule has 0 saturated heterocycles. The molecule has 0 aliphatic rings. The van der Waals surface area contributed by atoms with Crippen molar-refractivity contribution in [2.75, 3.05) is 0 Å². The van der Waals surface area contributed by atoms with Gasteiger partial charge in [-0.15, -0.1) is 0 Å². The molecule has 2 rings (SSSR count). The smallest absolute Gasteiger partial charge is 0.162 e. The van der Waals surface area contributed by atoms with E-state index in [1.54, 1.807) is 12.1 Å². The Bertz CT molecular complexity index is 524. The van der Waals surface area contributed by atoms with Crippen molar-refractivity contribution in [2.45, 2.75) is 13.2 Å². The number of hydrogen-bond donors (Lipinski definition) is 1. The summed E-state index contributed by atoms with van der Waals surface area (Å²) in [5, 5.41) is 8.88. The van der Waals surface area contributed by atoms with Crippen molar-refractivity contribution < 1.29 is 18.6 Å². The molecule has 0 spiro atoms. The van der Waals surface area contributed by atoms with Gasteiger partial charge >= 0.3 is 0 Å². The quantitative estimate of drug-likeness (QED) is 0.903. The number of rotatable bonds is 4. The summed E-state index contributed by atoms with van der Waals surface area (Å²) < 4.78 is 30.9. The van der Waals surface area contributed by atoms with Crippen molar-refractivity contribution >= 4 is 0 Å². The highest BCUT2D eigenvalue weighted by Crippen LogP contribution is 2.17. The van der Waals surface area contributed by atoms with Crippen molar-refractivity contribution in [3.05, 3.63) is 65.2 Å². The van der Waals surface area contributed by atoms with Gasteiger partial charge in [-0.05, 0) is 23.3 Å². The van der Waals surface area contributed by atoms with E-state index in [2.05, 4.69) is 0 Å². The van der Waals surface area contributed by atoms with Crippen molar-refractivity contribution in [3.8, 4) is 5.75 Å². The molecule has 0 radical (unpaired) electrons. The first-order valence-electron chi connectivity index (χ1n) is 5.45. The number of aliphatic hydroxyl groups excluding tert-OH is 1. The molecule has 94 valence electrons. The lowest BCUT2D eigenvalue weighted by molar-refractivity contribution is 0.281. The van der Waals surface area contributed by atoms with Gasteiger partial charge in [0.2, 0.25) is 0 Å². The molecule has 0 aromatic heterocycles. The Hall–Kier alpha value is -1.94. The Labute approximate surface area is 103 Å². The highest BCUT2D eigenvalue weighted by Gasteiger charge is 2.03. The fourth-order valence-corrected chi connectivity index (χ4v) is 1.47. The van der Waals surface area contributed by atoms with Crippen LogP contribution in [0.1, 0.15) is 11.1 Å². The molecule has 2 aromatic carbocycles. The van der Waals surface area contributed by atoms with Crippen molar-refractivity contribution in [2.24, 2.45) is 0 Å². The zero-order valence-corrected chi connectivity index (χ0v) is 9.57. The average Bonchev–Trinajstić information content (AvgIpc) is 2.41. The molecule has 0 saturated carbocycles. The van der Waals surface area contributed by atoms with Gasteiger partial charge < -0.3 is 9.84 Å². The van der Waals surface area contributed by atoms with Crippen LogP contribution in [0.5, 0.6) is 5.75 Å². The van der Waals surface area contributed by atoms with Gasteiger partial charge in [0.05, 0.1) is 6.61 Å². The second kappa shape index (κ2) is 5.60. The van der Waals surface area contributed by atoms with Crippen LogP contribution >= 0.6 is 0 Å². The van der Waals surface area contributed by atoms with Crippen molar-refractivity contribution in [1.29, 1.82) is 0 Å². The molecule has 18 heavy (non-hydrogen) atoms. The maximum absolute atomic E-state index is 12.9. The van der Waals surface area contributed by atoms with Gasteiger partial charge in [-0.25, -0.2) is 8.78 Å². The lowest BCUT2D eigenvalue weighted by Gasteiger charge is -2.07. The second-order valence-corrected chi connectivity index (χ2v) is 3.84. The molecule has 0 aliphatic carbocycles. The summed E-state index contributed by atoms with van der Waals surface area (Å²) in [7, 11) is 0. The zero-order chi connectivity index (χ0) is 13.0. The molecule has 0 aliphatic heterocycles. The maximum atomic E-state index is 12.9. The minimum absolute atomic E-state index is 0.00961. The predicted octanol–water partition coefficient (Wildman–Crippen LogP) is 3.04. The van der Waals surface area contributed by atoms with Crippen LogP contribution in [0.15, 0.2) is 42.5 Å². The van der Waals surface area contributed by atoms with E-state index in [-0.39, 0.29) is 19.0 Å². The first-order valence-corrected chi connectivity index (χ1v) is 5.45. The molecule has 0 atom stereocenters. The SMILES string of the molecule is OCc1ccc(COc2ccc(F)c(F)c2)cc1. The Morgan fingerprint density at radius 1 is 0.889 bits per heavy atom. The van der Waals surface area contributed by atoms with Crippen molar-refractivity contribution in [1.82, 2.24) is 0 Å². The molecule has 4 heteroatoms. The number of hydrogen-bond acceptors (Lipinski definition) is 2. The number of benzene rings is 2. The fraction of sp³-hybridized carbons (Fsp3) is 0.143. The summed E-state index contributed by atoms with van der Waals surface area (Å²) in [6.07, 6.45) is 0. The third kappa shape index (κ3) is 3.05. The number of halogens is 2. The summed E-state index contributed by atoms with van der Waals surface area (Å²) in [6.45, 7) is 0.251. The van der Waals surface area contributed by atoms with E-state index in [0.29, 0.717) is 0 Å². The lowest BCUT2D eigenvalue weighted by atomic mass is 10.1. The minimum Gasteiger partial charge on any atom is -0.489 e. The van der Waals surface area contributed by atoms with Crippen LogP contribution in [0, 0.1) is 11.6 Å². The standard InChI is InChI=1S/C14H12F2O2/c15-13-6-5-12(7-14(13)16)18-9-11-3-1-10(8-17)2-4-11/h1-7,17H,8-9H2. The lowest BCUT2D eigenvalue weighted by Crippen LogP contribution is -1.97. The molecular formula is C14H12F2O2. The van der Waals surface area contributed by atoms with Gasteiger partial charge in [0.1, 0.15) is 12.4 Å². The highest BCUT2D eigenvalue weighted by molar-refractivity contribution is 5.25. The van der Waals surface area contributed by atoms with Gasteiger partial charge in [0.15, 0.2) is 11.6 Å². The van der Waals surface area contributed by atoms with Crippen LogP contribution < -0.4 is 4.74 Å². The van der Waals surface area contributed by atoms with Crippen LogP contribution in [0.25, 0.3) is 0 Å².